The molecule has 0 spiro atoms. The van der Waals surface area contributed by atoms with Gasteiger partial charge < -0.3 is 0 Å². The topological polar surface area (TPSA) is 12.4 Å². The van der Waals surface area contributed by atoms with E-state index in [9.17, 15) is 0 Å². The fourth-order valence-electron chi connectivity index (χ4n) is 4.10. The summed E-state index contributed by atoms with van der Waals surface area (Å²) in [5.74, 6) is 0. The molecule has 0 aliphatic rings. The summed E-state index contributed by atoms with van der Waals surface area (Å²) in [7, 11) is 7.58. The molecule has 0 radical (unpaired) electrons. The average Bonchev–Trinajstić information content (AvgIpc) is 2.56. The van der Waals surface area contributed by atoms with Gasteiger partial charge in [0.2, 0.25) is 0 Å². The molecule has 5 heteroatoms. The molecule has 4 nitrogen and oxygen atoms in total. The summed E-state index contributed by atoms with van der Waals surface area (Å²) in [6, 6.07) is 0. The standard InChI is InChI=1S/3C5H13N.C4H9N.Ta/c3*1-4-6(3)5-2;1-4(2,3)5;/h3*4-5H2,1-3H3;1-3H3;/q;;;;+3. The first-order valence-electron chi connectivity index (χ1n) is 10.0. The summed E-state index contributed by atoms with van der Waals surface area (Å²) in [6.45, 7) is 28.4. The van der Waals surface area contributed by atoms with Crippen molar-refractivity contribution >= 4 is 0 Å². The van der Waals surface area contributed by atoms with E-state index in [0.717, 1.165) is 0 Å². The molecule has 0 rings (SSSR count). The Morgan fingerprint density at radius 3 is 0.917 bits per heavy atom. The van der Waals surface area contributed by atoms with Crippen LogP contribution in [-0.2, 0) is 17.7 Å². The normalized spacial score (nSPS) is 14.8. The van der Waals surface area contributed by atoms with E-state index >= 15 is 0 Å². The predicted octanol–water partition coefficient (Wildman–Crippen LogP) is 4.33. The molecule has 0 atom stereocenters. The second kappa shape index (κ2) is 8.41. The van der Waals surface area contributed by atoms with Gasteiger partial charge in [-0.3, -0.25) is 0 Å². The molecule has 0 aromatic carbocycles. The molecule has 146 valence electrons. The molecule has 0 N–H and O–H groups in total. The fourth-order valence-corrected chi connectivity index (χ4v) is 28.7. The third kappa shape index (κ3) is 3.89. The van der Waals surface area contributed by atoms with E-state index in [1.54, 1.807) is 0 Å². The Morgan fingerprint density at radius 1 is 0.583 bits per heavy atom. The van der Waals surface area contributed by atoms with Crippen molar-refractivity contribution in [2.75, 3.05) is 60.4 Å². The molecule has 0 aromatic heterocycles. The summed E-state index contributed by atoms with van der Waals surface area (Å²) in [5, 5.41) is 0. The fraction of sp³-hybridized carbons (Fsp3) is 1.00. The van der Waals surface area contributed by atoms with Crippen molar-refractivity contribution in [1.29, 1.82) is 0 Å². The van der Waals surface area contributed by atoms with Gasteiger partial charge in [-0.2, -0.15) is 0 Å². The first-order valence-corrected chi connectivity index (χ1v) is 15.8. The number of rotatable bonds is 9. The predicted molar refractivity (Wildman–Crippen MR) is 104 cm³/mol. The maximum atomic E-state index is 5.91. The van der Waals surface area contributed by atoms with Crippen LogP contribution < -0.4 is 0 Å². The first-order chi connectivity index (χ1) is 10.8. The minimum absolute atomic E-state index is 0.0238. The Labute approximate surface area is 157 Å². The molecule has 0 saturated heterocycles. The van der Waals surface area contributed by atoms with E-state index in [0.29, 0.717) is 0 Å². The summed E-state index contributed by atoms with van der Waals surface area (Å²) >= 11 is -3.38. The molecular weight excluding hydrogens is 465 g/mol. The maximum absolute atomic E-state index is 5.91. The summed E-state index contributed by atoms with van der Waals surface area (Å²) < 4.78 is 9.48. The van der Waals surface area contributed by atoms with Gasteiger partial charge in [0.1, 0.15) is 0 Å². The van der Waals surface area contributed by atoms with Crippen LogP contribution in [0.2, 0.25) is 0 Å². The van der Waals surface area contributed by atoms with Crippen LogP contribution in [0.15, 0.2) is 3.34 Å². The Hall–Kier alpha value is 0.420. The van der Waals surface area contributed by atoms with Crippen LogP contribution in [0.4, 0.5) is 0 Å². The number of hydrogen-bond acceptors (Lipinski definition) is 1. The van der Waals surface area contributed by atoms with Gasteiger partial charge in [0.05, 0.1) is 0 Å². The zero-order chi connectivity index (χ0) is 19.4. The summed E-state index contributed by atoms with van der Waals surface area (Å²) in [4.78, 5) is 0. The van der Waals surface area contributed by atoms with Crippen molar-refractivity contribution in [2.45, 2.75) is 67.9 Å². The van der Waals surface area contributed by atoms with Crippen LogP contribution >= 0.6 is 0 Å². The molecule has 0 amide bonds. The second-order valence-electron chi connectivity index (χ2n) is 8.72. The van der Waals surface area contributed by atoms with E-state index < -0.39 is 17.7 Å². The van der Waals surface area contributed by atoms with Gasteiger partial charge in [0.25, 0.3) is 0 Å². The molecule has 0 aromatic rings. The van der Waals surface area contributed by atoms with Crippen LogP contribution in [0.5, 0.6) is 0 Å². The van der Waals surface area contributed by atoms with Crippen molar-refractivity contribution in [3.63, 3.8) is 0 Å². The van der Waals surface area contributed by atoms with Gasteiger partial charge in [-0.1, -0.05) is 0 Å². The van der Waals surface area contributed by atoms with Crippen molar-refractivity contribution < 1.29 is 26.4 Å². The van der Waals surface area contributed by atoms with Gasteiger partial charge in [-0.25, -0.2) is 0 Å². The third-order valence-electron chi connectivity index (χ3n) is 6.47. The van der Waals surface area contributed by atoms with Crippen LogP contribution in [-0.4, -0.2) is 74.6 Å². The number of hydrogen-bond donors (Lipinski definition) is 0. The molecular formula is C19H48N4Ta+3. The molecule has 0 aliphatic carbocycles. The third-order valence-corrected chi connectivity index (χ3v) is 29.6. The zero-order valence-corrected chi connectivity index (χ0v) is 22.2. The van der Waals surface area contributed by atoms with Gasteiger partial charge in [0.15, 0.2) is 0 Å². The Bertz CT molecular complexity index is 386. The van der Waals surface area contributed by atoms with E-state index in [1.807, 2.05) is 0 Å². The zero-order valence-electron chi connectivity index (χ0n) is 19.0. The number of nitrogens with zero attached hydrogens (tertiary/aromatic N) is 4. The van der Waals surface area contributed by atoms with Crippen LogP contribution in [0, 0.1) is 0 Å². The van der Waals surface area contributed by atoms with E-state index in [4.69, 9.17) is 3.34 Å². The van der Waals surface area contributed by atoms with Crippen LogP contribution in [0.1, 0.15) is 62.3 Å². The van der Waals surface area contributed by atoms with Gasteiger partial charge >= 0.3 is 158 Å². The Kier molecular flexibility index (Phi) is 8.55. The summed E-state index contributed by atoms with van der Waals surface area (Å²) in [6.07, 6.45) is 0. The van der Waals surface area contributed by atoms with Crippen molar-refractivity contribution in [2.24, 2.45) is 3.34 Å². The van der Waals surface area contributed by atoms with Gasteiger partial charge in [-0.15, -0.1) is 0 Å². The molecule has 0 unspecified atom stereocenters. The van der Waals surface area contributed by atoms with E-state index in [1.165, 1.54) is 47.9 Å². The monoisotopic (exact) mass is 513 g/mol. The van der Waals surface area contributed by atoms with Crippen molar-refractivity contribution in [3.05, 3.63) is 0 Å². The molecule has 24 heavy (non-hydrogen) atoms. The average molecular weight is 514 g/mol. The quantitative estimate of drug-likeness (QED) is 0.436. The SMILES string of the molecule is CC[N+](C)(CC)[Ta](=[N]C(C)(C)C)([N+](C)(CC)CC)[N+](C)(CC)CC. The minimum atomic E-state index is -3.38. The molecule has 0 fully saturated rings. The van der Waals surface area contributed by atoms with Crippen LogP contribution in [0.25, 0.3) is 0 Å². The van der Waals surface area contributed by atoms with Gasteiger partial charge in [-0.05, 0) is 0 Å². The Balaban J connectivity index is 7.40. The van der Waals surface area contributed by atoms with Crippen molar-refractivity contribution in [3.8, 4) is 0 Å². The molecule has 0 bridgehead atoms. The summed E-state index contributed by atoms with van der Waals surface area (Å²) in [5.41, 5.74) is 0.0238. The second-order valence-corrected chi connectivity index (χ2v) is 23.7. The van der Waals surface area contributed by atoms with Crippen molar-refractivity contribution in [1.82, 2.24) is 0 Å². The van der Waals surface area contributed by atoms with E-state index in [-0.39, 0.29) is 5.54 Å². The Morgan fingerprint density at radius 2 is 0.792 bits per heavy atom. The molecule has 0 heterocycles. The molecule has 0 saturated carbocycles. The van der Waals surface area contributed by atoms with Gasteiger partial charge in [0, 0.05) is 0 Å². The molecule has 0 aliphatic heterocycles. The number of quaternary nitrogens is 3. The van der Waals surface area contributed by atoms with E-state index in [2.05, 4.69) is 83.5 Å². The first kappa shape index (κ1) is 24.4. The van der Waals surface area contributed by atoms with Crippen LogP contribution in [0.3, 0.4) is 0 Å².